The molecule has 1 heterocycles. The van der Waals surface area contributed by atoms with Crippen LogP contribution in [0.15, 0.2) is 12.3 Å². The Morgan fingerprint density at radius 1 is 1.46 bits per heavy atom. The molecule has 1 aromatic rings. The number of nitrogens with zero attached hydrogens (tertiary/aromatic N) is 2. The Morgan fingerprint density at radius 3 is 2.38 bits per heavy atom. The van der Waals surface area contributed by atoms with Gasteiger partial charge in [-0.25, -0.2) is 4.68 Å². The lowest BCUT2D eigenvalue weighted by Gasteiger charge is -2.20. The number of halogens is 3. The van der Waals surface area contributed by atoms with Crippen molar-refractivity contribution in [3.8, 4) is 0 Å². The first-order chi connectivity index (χ1) is 5.97. The van der Waals surface area contributed by atoms with Crippen LogP contribution >= 0.6 is 0 Å². The van der Waals surface area contributed by atoms with E-state index in [0.717, 1.165) is 4.68 Å². The zero-order valence-electron chi connectivity index (χ0n) is 6.67. The fraction of sp³-hybridized carbons (Fsp3) is 0.571. The summed E-state index contributed by atoms with van der Waals surface area (Å²) in [5.41, 5.74) is 3.54. The van der Waals surface area contributed by atoms with Crippen molar-refractivity contribution in [2.75, 3.05) is 5.73 Å². The van der Waals surface area contributed by atoms with Gasteiger partial charge < -0.3 is 5.73 Å². The van der Waals surface area contributed by atoms with Gasteiger partial charge in [0.15, 0.2) is 5.54 Å². The predicted molar refractivity (Wildman–Crippen MR) is 39.9 cm³/mol. The normalized spacial score (nSPS) is 20.2. The van der Waals surface area contributed by atoms with Gasteiger partial charge in [-0.2, -0.15) is 18.3 Å². The number of anilines is 1. The minimum Gasteiger partial charge on any atom is -0.384 e. The Balaban J connectivity index is 2.42. The van der Waals surface area contributed by atoms with Gasteiger partial charge in [-0.05, 0) is 18.9 Å². The SMILES string of the molecule is Nc1ccnn1C1(C(F)(F)F)CC1. The van der Waals surface area contributed by atoms with E-state index in [0.29, 0.717) is 0 Å². The number of alkyl halides is 3. The molecule has 1 aliphatic rings. The summed E-state index contributed by atoms with van der Waals surface area (Å²) in [5.74, 6) is 0.0647. The Hall–Kier alpha value is -1.20. The molecule has 2 N–H and O–H groups in total. The van der Waals surface area contributed by atoms with Crippen LogP contribution in [0.1, 0.15) is 12.8 Å². The average Bonchev–Trinajstić information content (AvgIpc) is 2.70. The second-order valence-electron chi connectivity index (χ2n) is 3.20. The lowest BCUT2D eigenvalue weighted by atomic mass is 10.2. The number of hydrogen-bond donors (Lipinski definition) is 1. The van der Waals surface area contributed by atoms with Gasteiger partial charge in [0.1, 0.15) is 5.82 Å². The summed E-state index contributed by atoms with van der Waals surface area (Å²) in [6, 6.07) is 1.37. The Morgan fingerprint density at radius 2 is 2.08 bits per heavy atom. The smallest absolute Gasteiger partial charge is 0.384 e. The van der Waals surface area contributed by atoms with E-state index >= 15 is 0 Å². The Labute approximate surface area is 72.3 Å². The maximum Gasteiger partial charge on any atom is 0.413 e. The van der Waals surface area contributed by atoms with Crippen LogP contribution in [0.2, 0.25) is 0 Å². The molecule has 3 nitrogen and oxygen atoms in total. The van der Waals surface area contributed by atoms with Crippen molar-refractivity contribution in [3.63, 3.8) is 0 Å². The van der Waals surface area contributed by atoms with Crippen molar-refractivity contribution in [3.05, 3.63) is 12.3 Å². The van der Waals surface area contributed by atoms with Crippen molar-refractivity contribution < 1.29 is 13.2 Å². The maximum absolute atomic E-state index is 12.5. The van der Waals surface area contributed by atoms with Crippen LogP contribution in [0.3, 0.4) is 0 Å². The fourth-order valence-corrected chi connectivity index (χ4v) is 1.41. The molecule has 0 atom stereocenters. The van der Waals surface area contributed by atoms with Crippen molar-refractivity contribution >= 4 is 5.82 Å². The number of aromatic nitrogens is 2. The molecule has 6 heteroatoms. The van der Waals surface area contributed by atoms with Gasteiger partial charge >= 0.3 is 6.18 Å². The number of hydrogen-bond acceptors (Lipinski definition) is 2. The second-order valence-corrected chi connectivity index (χ2v) is 3.20. The minimum atomic E-state index is -4.26. The highest BCUT2D eigenvalue weighted by Gasteiger charge is 2.66. The first-order valence-electron chi connectivity index (χ1n) is 3.84. The molecule has 0 radical (unpaired) electrons. The van der Waals surface area contributed by atoms with Crippen LogP contribution < -0.4 is 5.73 Å². The molecule has 0 unspecified atom stereocenters. The molecule has 13 heavy (non-hydrogen) atoms. The van der Waals surface area contributed by atoms with Crippen LogP contribution in [0, 0.1) is 0 Å². The van der Waals surface area contributed by atoms with E-state index in [1.165, 1.54) is 12.3 Å². The molecule has 1 fully saturated rings. The molecule has 1 aliphatic carbocycles. The molecule has 0 aliphatic heterocycles. The standard InChI is InChI=1S/C7H8F3N3/c8-7(9,10)6(2-3-6)13-5(11)1-4-12-13/h1,4H,2-3,11H2. The Kier molecular flexibility index (Phi) is 1.41. The van der Waals surface area contributed by atoms with Crippen molar-refractivity contribution in [1.82, 2.24) is 9.78 Å². The van der Waals surface area contributed by atoms with Gasteiger partial charge in [-0.15, -0.1) is 0 Å². The number of nitrogen functional groups attached to an aromatic ring is 1. The van der Waals surface area contributed by atoms with Crippen molar-refractivity contribution in [2.24, 2.45) is 0 Å². The van der Waals surface area contributed by atoms with Crippen LogP contribution in [0.4, 0.5) is 19.0 Å². The van der Waals surface area contributed by atoms with E-state index in [2.05, 4.69) is 5.10 Å². The molecule has 0 saturated heterocycles. The lowest BCUT2D eigenvalue weighted by molar-refractivity contribution is -0.182. The first kappa shape index (κ1) is 8.40. The third-order valence-corrected chi connectivity index (χ3v) is 2.33. The molecular formula is C7H8F3N3. The highest BCUT2D eigenvalue weighted by atomic mass is 19.4. The largest absolute Gasteiger partial charge is 0.413 e. The van der Waals surface area contributed by atoms with Gasteiger partial charge in [0, 0.05) is 0 Å². The Bertz CT molecular complexity index is 324. The zero-order valence-corrected chi connectivity index (χ0v) is 6.67. The van der Waals surface area contributed by atoms with Gasteiger partial charge in [0.2, 0.25) is 0 Å². The summed E-state index contributed by atoms with van der Waals surface area (Å²) in [4.78, 5) is 0. The van der Waals surface area contributed by atoms with E-state index in [-0.39, 0.29) is 18.7 Å². The zero-order chi connectivity index (χ0) is 9.69. The number of nitrogens with two attached hydrogens (primary N) is 1. The van der Waals surface area contributed by atoms with Crippen molar-refractivity contribution in [2.45, 2.75) is 24.6 Å². The quantitative estimate of drug-likeness (QED) is 0.731. The summed E-state index contributed by atoms with van der Waals surface area (Å²) in [7, 11) is 0. The molecule has 0 spiro atoms. The average molecular weight is 191 g/mol. The second kappa shape index (κ2) is 2.18. The van der Waals surface area contributed by atoms with Gasteiger partial charge in [-0.1, -0.05) is 0 Å². The molecule has 0 aromatic carbocycles. The van der Waals surface area contributed by atoms with E-state index in [1.54, 1.807) is 0 Å². The molecule has 0 amide bonds. The van der Waals surface area contributed by atoms with E-state index < -0.39 is 11.7 Å². The minimum absolute atomic E-state index is 0.0647. The number of rotatable bonds is 1. The molecule has 1 saturated carbocycles. The van der Waals surface area contributed by atoms with Gasteiger partial charge in [0.05, 0.1) is 6.20 Å². The van der Waals surface area contributed by atoms with Gasteiger partial charge in [0.25, 0.3) is 0 Å². The van der Waals surface area contributed by atoms with Crippen LogP contribution in [-0.2, 0) is 5.54 Å². The van der Waals surface area contributed by atoms with E-state index in [4.69, 9.17) is 5.73 Å². The van der Waals surface area contributed by atoms with Crippen LogP contribution in [0.5, 0.6) is 0 Å². The molecule has 1 aromatic heterocycles. The third kappa shape index (κ3) is 1.01. The third-order valence-electron chi connectivity index (χ3n) is 2.33. The predicted octanol–water partition coefficient (Wildman–Crippen LogP) is 1.52. The summed E-state index contributed by atoms with van der Waals surface area (Å²) < 4.78 is 38.4. The topological polar surface area (TPSA) is 43.8 Å². The molecule has 2 rings (SSSR count). The maximum atomic E-state index is 12.5. The van der Waals surface area contributed by atoms with Crippen LogP contribution in [0.25, 0.3) is 0 Å². The summed E-state index contributed by atoms with van der Waals surface area (Å²) in [6.45, 7) is 0. The van der Waals surface area contributed by atoms with E-state index in [1.807, 2.05) is 0 Å². The van der Waals surface area contributed by atoms with Gasteiger partial charge in [-0.3, -0.25) is 0 Å². The highest BCUT2D eigenvalue weighted by molar-refractivity contribution is 5.30. The van der Waals surface area contributed by atoms with E-state index in [9.17, 15) is 13.2 Å². The summed E-state index contributed by atoms with van der Waals surface area (Å²) in [5, 5.41) is 3.59. The monoisotopic (exact) mass is 191 g/mol. The molecule has 0 bridgehead atoms. The molecule has 72 valence electrons. The summed E-state index contributed by atoms with van der Waals surface area (Å²) >= 11 is 0. The van der Waals surface area contributed by atoms with Crippen molar-refractivity contribution in [1.29, 1.82) is 0 Å². The first-order valence-corrected chi connectivity index (χ1v) is 3.84. The fourth-order valence-electron chi connectivity index (χ4n) is 1.41. The highest BCUT2D eigenvalue weighted by Crippen LogP contribution is 2.55. The summed E-state index contributed by atoms with van der Waals surface area (Å²) in [6.07, 6.45) is -2.83. The molecular weight excluding hydrogens is 183 g/mol. The lowest BCUT2D eigenvalue weighted by Crippen LogP contribution is -2.36. The van der Waals surface area contributed by atoms with Crippen LogP contribution in [-0.4, -0.2) is 16.0 Å².